The first kappa shape index (κ1) is 26.7. The minimum Gasteiger partial charge on any atom is -0.494 e. The molecule has 0 aliphatic carbocycles. The summed E-state index contributed by atoms with van der Waals surface area (Å²) in [6.07, 6.45) is 1.54. The van der Waals surface area contributed by atoms with Gasteiger partial charge >= 0.3 is 5.97 Å². The largest absolute Gasteiger partial charge is 0.494 e. The minimum atomic E-state index is -0.834. The zero-order chi connectivity index (χ0) is 27.1. The summed E-state index contributed by atoms with van der Waals surface area (Å²) in [7, 11) is 0. The molecule has 196 valence electrons. The average Bonchev–Trinajstić information content (AvgIpc) is 3.14. The lowest BCUT2D eigenvalue weighted by molar-refractivity contribution is -0.124. The Hall–Kier alpha value is -4.31. The van der Waals surface area contributed by atoms with Gasteiger partial charge in [-0.1, -0.05) is 12.1 Å². The molecule has 1 aromatic heterocycles. The lowest BCUT2D eigenvalue weighted by Gasteiger charge is -2.23. The van der Waals surface area contributed by atoms with Crippen molar-refractivity contribution in [1.29, 1.82) is 0 Å². The van der Waals surface area contributed by atoms with Gasteiger partial charge in [-0.05, 0) is 74.6 Å². The zero-order valence-corrected chi connectivity index (χ0v) is 21.9. The molecule has 10 heteroatoms. The van der Waals surface area contributed by atoms with Gasteiger partial charge in [0.25, 0.3) is 5.91 Å². The normalized spacial score (nSPS) is 14.9. The molecule has 38 heavy (non-hydrogen) atoms. The maximum absolute atomic E-state index is 13.7. The second-order valence-corrected chi connectivity index (χ2v) is 8.77. The molecule has 0 saturated carbocycles. The number of pyridine rings is 1. The van der Waals surface area contributed by atoms with Gasteiger partial charge in [-0.3, -0.25) is 19.5 Å². The lowest BCUT2D eigenvalue weighted by atomic mass is 10.1. The molecule has 0 unspecified atom stereocenters. The summed E-state index contributed by atoms with van der Waals surface area (Å²) in [5.41, 5.74) is 2.16. The standard InChI is InChI=1S/C28H28N4O5S/c1-3-36-23-10-7-9-22(16-23)32-26(34)24(31(28(32)38)18-21-8-5-6-15-29-21)17-25(33)30-20-13-11-19(12-14-20)27(35)37-4-2/h5-16,24H,3-4,17-18H2,1-2H3,(H,30,33)/t24-/m1/s1. The number of nitrogens with one attached hydrogen (secondary N) is 1. The lowest BCUT2D eigenvalue weighted by Crippen LogP contribution is -2.37. The Morgan fingerprint density at radius 3 is 2.50 bits per heavy atom. The van der Waals surface area contributed by atoms with Gasteiger partial charge in [-0.15, -0.1) is 0 Å². The van der Waals surface area contributed by atoms with E-state index in [1.807, 2.05) is 19.1 Å². The number of carbonyl (C=O) groups excluding carboxylic acids is 3. The van der Waals surface area contributed by atoms with E-state index in [2.05, 4.69) is 10.3 Å². The van der Waals surface area contributed by atoms with Crippen LogP contribution in [0.5, 0.6) is 5.75 Å². The highest BCUT2D eigenvalue weighted by molar-refractivity contribution is 7.80. The Morgan fingerprint density at radius 1 is 1.03 bits per heavy atom. The van der Waals surface area contributed by atoms with Gasteiger partial charge in [0.1, 0.15) is 11.8 Å². The Kier molecular flexibility index (Phi) is 8.65. The highest BCUT2D eigenvalue weighted by Crippen LogP contribution is 2.30. The molecule has 4 rings (SSSR count). The fourth-order valence-electron chi connectivity index (χ4n) is 4.09. The molecule has 1 aliphatic heterocycles. The van der Waals surface area contributed by atoms with Crippen molar-refractivity contribution in [2.24, 2.45) is 0 Å². The number of aromatic nitrogens is 1. The molecule has 1 aliphatic rings. The number of thiocarbonyl (C=S) groups is 1. The number of esters is 1. The summed E-state index contributed by atoms with van der Waals surface area (Å²) in [5, 5.41) is 3.08. The maximum atomic E-state index is 13.7. The van der Waals surface area contributed by atoms with Gasteiger partial charge < -0.3 is 19.7 Å². The fraction of sp³-hybridized carbons (Fsp3) is 0.250. The molecule has 1 saturated heterocycles. The van der Waals surface area contributed by atoms with Crippen LogP contribution >= 0.6 is 12.2 Å². The number of hydrogen-bond donors (Lipinski definition) is 1. The van der Waals surface area contributed by atoms with Crippen LogP contribution in [-0.2, 0) is 20.9 Å². The van der Waals surface area contributed by atoms with Crippen LogP contribution in [-0.4, -0.2) is 52.0 Å². The van der Waals surface area contributed by atoms with Gasteiger partial charge in [0.15, 0.2) is 5.11 Å². The second kappa shape index (κ2) is 12.3. The van der Waals surface area contributed by atoms with Crippen molar-refractivity contribution in [3.63, 3.8) is 0 Å². The predicted molar refractivity (Wildman–Crippen MR) is 147 cm³/mol. The number of benzene rings is 2. The number of anilines is 2. The van der Waals surface area contributed by atoms with E-state index < -0.39 is 12.0 Å². The third kappa shape index (κ3) is 6.15. The van der Waals surface area contributed by atoms with Crippen LogP contribution in [0.3, 0.4) is 0 Å². The SMILES string of the molecule is CCOC(=O)c1ccc(NC(=O)C[C@@H]2C(=O)N(c3cccc(OCC)c3)C(=S)N2Cc2ccccn2)cc1. The van der Waals surface area contributed by atoms with E-state index in [4.69, 9.17) is 21.7 Å². The molecular formula is C28H28N4O5S. The van der Waals surface area contributed by atoms with Crippen molar-refractivity contribution in [2.75, 3.05) is 23.4 Å². The van der Waals surface area contributed by atoms with E-state index >= 15 is 0 Å². The monoisotopic (exact) mass is 532 g/mol. The molecule has 0 spiro atoms. The van der Waals surface area contributed by atoms with Crippen LogP contribution in [0.2, 0.25) is 0 Å². The van der Waals surface area contributed by atoms with Crippen molar-refractivity contribution in [2.45, 2.75) is 32.9 Å². The number of amides is 2. The van der Waals surface area contributed by atoms with E-state index in [-0.39, 0.29) is 36.5 Å². The molecule has 1 N–H and O–H groups in total. The molecule has 9 nitrogen and oxygen atoms in total. The summed E-state index contributed by atoms with van der Waals surface area (Å²) in [5.74, 6) is -0.503. The smallest absolute Gasteiger partial charge is 0.338 e. The maximum Gasteiger partial charge on any atom is 0.338 e. The molecule has 0 radical (unpaired) electrons. The van der Waals surface area contributed by atoms with Crippen LogP contribution < -0.4 is 15.0 Å². The molecule has 1 atom stereocenters. The number of ether oxygens (including phenoxy) is 2. The topological polar surface area (TPSA) is 101 Å². The first-order valence-corrected chi connectivity index (χ1v) is 12.7. The van der Waals surface area contributed by atoms with Crippen LogP contribution in [0.15, 0.2) is 72.9 Å². The van der Waals surface area contributed by atoms with Gasteiger partial charge in [-0.2, -0.15) is 0 Å². The molecule has 2 amide bonds. The minimum absolute atomic E-state index is 0.132. The van der Waals surface area contributed by atoms with Gasteiger partial charge in [-0.25, -0.2) is 4.79 Å². The average molecular weight is 533 g/mol. The summed E-state index contributed by atoms with van der Waals surface area (Å²) >= 11 is 5.73. The van der Waals surface area contributed by atoms with Crippen molar-refractivity contribution < 1.29 is 23.9 Å². The van der Waals surface area contributed by atoms with Crippen LogP contribution in [0, 0.1) is 0 Å². The summed E-state index contributed by atoms with van der Waals surface area (Å²) in [4.78, 5) is 46.1. The highest BCUT2D eigenvalue weighted by atomic mass is 32.1. The van der Waals surface area contributed by atoms with E-state index in [0.29, 0.717) is 35.0 Å². The Labute approximate surface area is 226 Å². The van der Waals surface area contributed by atoms with Crippen molar-refractivity contribution in [3.05, 3.63) is 84.2 Å². The summed E-state index contributed by atoms with van der Waals surface area (Å²) in [6, 6.07) is 18.2. The van der Waals surface area contributed by atoms with E-state index in [0.717, 1.165) is 0 Å². The quantitative estimate of drug-likeness (QED) is 0.307. The molecule has 2 aromatic carbocycles. The first-order chi connectivity index (χ1) is 18.4. The number of rotatable bonds is 10. The Morgan fingerprint density at radius 2 is 1.82 bits per heavy atom. The van der Waals surface area contributed by atoms with Gasteiger partial charge in [0.2, 0.25) is 5.91 Å². The molecule has 1 fully saturated rings. The highest BCUT2D eigenvalue weighted by Gasteiger charge is 2.44. The van der Waals surface area contributed by atoms with E-state index in [1.54, 1.807) is 72.6 Å². The summed E-state index contributed by atoms with van der Waals surface area (Å²) in [6.45, 7) is 4.63. The molecular weight excluding hydrogens is 504 g/mol. The van der Waals surface area contributed by atoms with Crippen LogP contribution in [0.4, 0.5) is 11.4 Å². The van der Waals surface area contributed by atoms with E-state index in [1.165, 1.54) is 4.90 Å². The van der Waals surface area contributed by atoms with Gasteiger partial charge in [0.05, 0.1) is 43.1 Å². The number of hydrogen-bond acceptors (Lipinski definition) is 7. The third-order valence-electron chi connectivity index (χ3n) is 5.82. The second-order valence-electron chi connectivity index (χ2n) is 8.40. The van der Waals surface area contributed by atoms with Crippen LogP contribution in [0.25, 0.3) is 0 Å². The van der Waals surface area contributed by atoms with Crippen molar-refractivity contribution in [3.8, 4) is 5.75 Å². The Balaban J connectivity index is 1.55. The predicted octanol–water partition coefficient (Wildman–Crippen LogP) is 4.19. The van der Waals surface area contributed by atoms with Gasteiger partial charge in [0, 0.05) is 18.0 Å². The van der Waals surface area contributed by atoms with Crippen molar-refractivity contribution >= 4 is 46.5 Å². The number of nitrogens with zero attached hydrogens (tertiary/aromatic N) is 3. The van der Waals surface area contributed by atoms with Crippen molar-refractivity contribution in [1.82, 2.24) is 9.88 Å². The summed E-state index contributed by atoms with van der Waals surface area (Å²) < 4.78 is 10.6. The van der Waals surface area contributed by atoms with Crippen LogP contribution in [0.1, 0.15) is 36.3 Å². The third-order valence-corrected chi connectivity index (χ3v) is 6.24. The Bertz CT molecular complexity index is 1320. The molecule has 0 bridgehead atoms. The first-order valence-electron chi connectivity index (χ1n) is 12.3. The molecule has 2 heterocycles. The van der Waals surface area contributed by atoms with E-state index in [9.17, 15) is 14.4 Å². The number of carbonyl (C=O) groups is 3. The zero-order valence-electron chi connectivity index (χ0n) is 21.1. The molecule has 3 aromatic rings. The fourth-order valence-corrected chi connectivity index (χ4v) is 4.48.